The molecular formula is C29H33N7O3. The van der Waals surface area contributed by atoms with E-state index in [9.17, 15) is 4.79 Å². The van der Waals surface area contributed by atoms with Crippen LogP contribution in [-0.4, -0.2) is 87.8 Å². The number of nitrogens with zero attached hydrogens (tertiary/aromatic N) is 7. The molecule has 2 saturated heterocycles. The number of hydrogen-bond donors (Lipinski definition) is 0. The van der Waals surface area contributed by atoms with E-state index in [-0.39, 0.29) is 11.9 Å². The van der Waals surface area contributed by atoms with E-state index in [1.54, 1.807) is 0 Å². The lowest BCUT2D eigenvalue weighted by Crippen LogP contribution is -2.50. The van der Waals surface area contributed by atoms with Crippen LogP contribution in [0.25, 0.3) is 22.2 Å². The second-order valence-electron chi connectivity index (χ2n) is 10.7. The van der Waals surface area contributed by atoms with E-state index in [1.165, 1.54) is 0 Å². The van der Waals surface area contributed by atoms with E-state index in [2.05, 4.69) is 42.7 Å². The van der Waals surface area contributed by atoms with Gasteiger partial charge in [0.2, 0.25) is 11.9 Å². The van der Waals surface area contributed by atoms with Crippen molar-refractivity contribution in [1.29, 1.82) is 0 Å². The Hall–Kier alpha value is -3.92. The number of aryl methyl sites for hydroxylation is 2. The van der Waals surface area contributed by atoms with Crippen LogP contribution in [-0.2, 0) is 4.79 Å². The molecule has 0 saturated carbocycles. The Bertz CT molecular complexity index is 1500. The standard InChI is InChI=1S/C29H33N7O3/c1-19-26(20(2)39-32-19)21-8-9-23-27-28(21)38-18-24(22-7-3-4-10-30-22)36(27)29(31-23)35-15-13-33(14-16-35)17-25(37)34-11-5-6-12-34/h3-4,7-10,24H,5-6,11-18H2,1-2H3/t24-/m1/s1. The van der Waals surface area contributed by atoms with Gasteiger partial charge in [-0.15, -0.1) is 0 Å². The van der Waals surface area contributed by atoms with Crippen LogP contribution in [0.5, 0.6) is 5.75 Å². The molecule has 7 rings (SSSR count). The van der Waals surface area contributed by atoms with E-state index in [4.69, 9.17) is 14.2 Å². The number of rotatable bonds is 5. The van der Waals surface area contributed by atoms with Crippen molar-refractivity contribution < 1.29 is 14.1 Å². The largest absolute Gasteiger partial charge is 0.488 e. The van der Waals surface area contributed by atoms with Crippen LogP contribution in [0.1, 0.15) is 36.0 Å². The molecule has 1 aromatic carbocycles. The number of benzene rings is 1. The van der Waals surface area contributed by atoms with Crippen LogP contribution in [0.3, 0.4) is 0 Å². The highest BCUT2D eigenvalue weighted by molar-refractivity contribution is 5.94. The van der Waals surface area contributed by atoms with Gasteiger partial charge in [0.1, 0.15) is 23.9 Å². The molecule has 0 N–H and O–H groups in total. The Labute approximate surface area is 227 Å². The maximum absolute atomic E-state index is 12.7. The Morgan fingerprint density at radius 3 is 2.56 bits per heavy atom. The maximum Gasteiger partial charge on any atom is 0.236 e. The molecule has 0 bridgehead atoms. The molecule has 39 heavy (non-hydrogen) atoms. The van der Waals surface area contributed by atoms with Crippen LogP contribution in [0.4, 0.5) is 5.95 Å². The Morgan fingerprint density at radius 1 is 1.03 bits per heavy atom. The number of carbonyl (C=O) groups excluding carboxylic acids is 1. The Balaban J connectivity index is 1.25. The second-order valence-corrected chi connectivity index (χ2v) is 10.7. The lowest BCUT2D eigenvalue weighted by molar-refractivity contribution is -0.131. The Kier molecular flexibility index (Phi) is 5.99. The molecule has 2 fully saturated rings. The summed E-state index contributed by atoms with van der Waals surface area (Å²) in [4.78, 5) is 29.2. The number of aromatic nitrogens is 4. The zero-order chi connectivity index (χ0) is 26.5. The molecule has 0 radical (unpaired) electrons. The number of hydrogen-bond acceptors (Lipinski definition) is 8. The molecule has 4 aromatic rings. The minimum atomic E-state index is -0.103. The van der Waals surface area contributed by atoms with Gasteiger partial charge < -0.3 is 19.1 Å². The average Bonchev–Trinajstić information content (AvgIpc) is 3.71. The molecule has 3 aliphatic heterocycles. The molecule has 1 atom stereocenters. The molecule has 0 unspecified atom stereocenters. The molecule has 3 aliphatic rings. The lowest BCUT2D eigenvalue weighted by atomic mass is 10.0. The van der Waals surface area contributed by atoms with Crippen molar-refractivity contribution >= 4 is 22.9 Å². The highest BCUT2D eigenvalue weighted by Gasteiger charge is 2.34. The van der Waals surface area contributed by atoms with E-state index >= 15 is 0 Å². The van der Waals surface area contributed by atoms with Crippen LogP contribution < -0.4 is 9.64 Å². The van der Waals surface area contributed by atoms with Gasteiger partial charge >= 0.3 is 0 Å². The van der Waals surface area contributed by atoms with Gasteiger partial charge in [0.25, 0.3) is 0 Å². The van der Waals surface area contributed by atoms with E-state index in [0.29, 0.717) is 13.2 Å². The number of ether oxygens (including phenoxy) is 1. The summed E-state index contributed by atoms with van der Waals surface area (Å²) in [5.41, 5.74) is 5.58. The fourth-order valence-electron chi connectivity index (χ4n) is 6.27. The summed E-state index contributed by atoms with van der Waals surface area (Å²) in [6.45, 7) is 9.90. The molecule has 202 valence electrons. The van der Waals surface area contributed by atoms with Gasteiger partial charge in [-0.2, -0.15) is 0 Å². The first-order valence-electron chi connectivity index (χ1n) is 13.9. The van der Waals surface area contributed by atoms with Crippen molar-refractivity contribution in [1.82, 2.24) is 29.5 Å². The van der Waals surface area contributed by atoms with Crippen LogP contribution in [0.2, 0.25) is 0 Å². The monoisotopic (exact) mass is 527 g/mol. The molecule has 10 nitrogen and oxygen atoms in total. The third kappa shape index (κ3) is 4.14. The molecule has 6 heterocycles. The highest BCUT2D eigenvalue weighted by Crippen LogP contribution is 2.45. The summed E-state index contributed by atoms with van der Waals surface area (Å²) in [5.74, 6) is 2.75. The van der Waals surface area contributed by atoms with Gasteiger partial charge in [0.15, 0.2) is 5.75 Å². The molecule has 10 heteroatoms. The zero-order valence-electron chi connectivity index (χ0n) is 22.5. The lowest BCUT2D eigenvalue weighted by Gasteiger charge is -2.37. The van der Waals surface area contributed by atoms with Crippen LogP contribution in [0, 0.1) is 13.8 Å². The van der Waals surface area contributed by atoms with Crippen molar-refractivity contribution in [2.24, 2.45) is 0 Å². The van der Waals surface area contributed by atoms with Crippen molar-refractivity contribution in [3.8, 4) is 16.9 Å². The predicted molar refractivity (Wildman–Crippen MR) is 147 cm³/mol. The molecule has 0 spiro atoms. The smallest absolute Gasteiger partial charge is 0.236 e. The minimum Gasteiger partial charge on any atom is -0.488 e. The van der Waals surface area contributed by atoms with Gasteiger partial charge in [0, 0.05) is 51.0 Å². The van der Waals surface area contributed by atoms with Gasteiger partial charge in [-0.3, -0.25) is 19.2 Å². The van der Waals surface area contributed by atoms with E-state index in [0.717, 1.165) is 103 Å². The number of piperazine rings is 1. The average molecular weight is 528 g/mol. The number of imidazole rings is 1. The first-order valence-corrected chi connectivity index (χ1v) is 13.9. The fourth-order valence-corrected chi connectivity index (χ4v) is 6.27. The first kappa shape index (κ1) is 24.1. The summed E-state index contributed by atoms with van der Waals surface area (Å²) in [7, 11) is 0. The van der Waals surface area contributed by atoms with Gasteiger partial charge in [-0.1, -0.05) is 11.2 Å². The van der Waals surface area contributed by atoms with Gasteiger partial charge in [-0.25, -0.2) is 4.98 Å². The number of pyridine rings is 1. The number of anilines is 1. The number of likely N-dealkylation sites (tertiary alicyclic amines) is 1. The molecule has 3 aromatic heterocycles. The normalized spacial score (nSPS) is 19.6. The quantitative estimate of drug-likeness (QED) is 0.390. The topological polar surface area (TPSA) is 92.8 Å². The van der Waals surface area contributed by atoms with Crippen molar-refractivity contribution in [2.75, 3.05) is 57.3 Å². The van der Waals surface area contributed by atoms with Gasteiger partial charge in [-0.05, 0) is 51.0 Å². The SMILES string of the molecule is Cc1noc(C)c1-c1ccc2nc(N3CCN(CC(=O)N4CCCC4)CC3)n3c2c1OC[C@@H]3c1ccccn1. The molecule has 0 aliphatic carbocycles. The minimum absolute atomic E-state index is 0.103. The van der Waals surface area contributed by atoms with Crippen LogP contribution in [0.15, 0.2) is 41.1 Å². The molecule has 1 amide bonds. The number of carbonyl (C=O) groups is 1. The second kappa shape index (κ2) is 9.68. The van der Waals surface area contributed by atoms with Crippen molar-refractivity contribution in [3.05, 3.63) is 53.7 Å². The predicted octanol–water partition coefficient (Wildman–Crippen LogP) is 3.43. The van der Waals surface area contributed by atoms with Crippen molar-refractivity contribution in [3.63, 3.8) is 0 Å². The zero-order valence-corrected chi connectivity index (χ0v) is 22.5. The van der Waals surface area contributed by atoms with Crippen molar-refractivity contribution in [2.45, 2.75) is 32.7 Å². The van der Waals surface area contributed by atoms with E-state index in [1.807, 2.05) is 37.1 Å². The fraction of sp³-hybridized carbons (Fsp3) is 0.448. The molecular weight excluding hydrogens is 494 g/mol. The van der Waals surface area contributed by atoms with E-state index < -0.39 is 0 Å². The summed E-state index contributed by atoms with van der Waals surface area (Å²) in [6.07, 6.45) is 4.07. The Morgan fingerprint density at radius 2 is 1.85 bits per heavy atom. The highest BCUT2D eigenvalue weighted by atomic mass is 16.5. The van der Waals surface area contributed by atoms with Gasteiger partial charge in [0.05, 0.1) is 29.0 Å². The summed E-state index contributed by atoms with van der Waals surface area (Å²) in [5, 5.41) is 4.18. The summed E-state index contributed by atoms with van der Waals surface area (Å²) in [6, 6.07) is 10.0. The maximum atomic E-state index is 12.7. The first-order chi connectivity index (χ1) is 19.1. The summed E-state index contributed by atoms with van der Waals surface area (Å²) >= 11 is 0. The summed E-state index contributed by atoms with van der Waals surface area (Å²) < 4.78 is 14.3. The van der Waals surface area contributed by atoms with Crippen LogP contribution >= 0.6 is 0 Å². The third-order valence-corrected chi connectivity index (χ3v) is 8.29. The third-order valence-electron chi connectivity index (χ3n) is 8.29. The number of amides is 1.